The molecule has 1 amide bonds. The molecule has 1 saturated heterocycles. The Bertz CT molecular complexity index is 1260. The predicted molar refractivity (Wildman–Crippen MR) is 122 cm³/mol. The largest absolute Gasteiger partial charge is 0.486 e. The molecule has 2 aromatic carbocycles. The molecule has 162 valence electrons. The van der Waals surface area contributed by atoms with Crippen LogP contribution in [0.2, 0.25) is 5.15 Å². The fourth-order valence-electron chi connectivity index (χ4n) is 4.18. The molecule has 0 bridgehead atoms. The first-order valence-electron chi connectivity index (χ1n) is 10.6. The summed E-state index contributed by atoms with van der Waals surface area (Å²) >= 11 is 6.25. The van der Waals surface area contributed by atoms with Crippen molar-refractivity contribution in [3.8, 4) is 11.4 Å². The number of piperidine rings is 1. The highest BCUT2D eigenvalue weighted by atomic mass is 35.5. The molecule has 5 rings (SSSR count). The van der Waals surface area contributed by atoms with Crippen LogP contribution in [0.3, 0.4) is 0 Å². The van der Waals surface area contributed by atoms with Crippen molar-refractivity contribution in [2.45, 2.75) is 31.9 Å². The van der Waals surface area contributed by atoms with E-state index in [2.05, 4.69) is 22.1 Å². The molecular weight excluding hydrogens is 426 g/mol. The molecular formula is C24H22ClN5O2. The standard InChI is InChI=1S/C24H22ClN5O2/c1-16-10-11-17(32-22-14-26-23(25)19-7-3-2-6-18(19)22)15-29(16)24(31)20-8-4-5-9-21(20)30-27-12-13-28-30/h2-9,12-14,16-17H,10-11,15H2,1H3. The zero-order valence-corrected chi connectivity index (χ0v) is 18.3. The minimum atomic E-state index is -0.142. The molecule has 1 fully saturated rings. The molecule has 0 aliphatic carbocycles. The molecule has 2 unspecified atom stereocenters. The Labute approximate surface area is 190 Å². The smallest absolute Gasteiger partial charge is 0.256 e. The molecule has 2 aromatic heterocycles. The average Bonchev–Trinajstić information content (AvgIpc) is 3.37. The van der Waals surface area contributed by atoms with Crippen molar-refractivity contribution in [3.05, 3.63) is 77.8 Å². The summed E-state index contributed by atoms with van der Waals surface area (Å²) < 4.78 is 6.35. The van der Waals surface area contributed by atoms with Crippen LogP contribution >= 0.6 is 11.6 Å². The second-order valence-electron chi connectivity index (χ2n) is 7.92. The lowest BCUT2D eigenvalue weighted by Gasteiger charge is -2.38. The molecule has 0 radical (unpaired) electrons. The van der Waals surface area contributed by atoms with Gasteiger partial charge in [-0.05, 0) is 31.9 Å². The molecule has 2 atom stereocenters. The fraction of sp³-hybridized carbons (Fsp3) is 0.250. The number of para-hydroxylation sites is 1. The number of rotatable bonds is 4. The third kappa shape index (κ3) is 3.80. The highest BCUT2D eigenvalue weighted by molar-refractivity contribution is 6.34. The highest BCUT2D eigenvalue weighted by Gasteiger charge is 2.32. The molecule has 32 heavy (non-hydrogen) atoms. The first-order chi connectivity index (χ1) is 15.6. The SMILES string of the molecule is CC1CCC(Oc2cnc(Cl)c3ccccc23)CN1C(=O)c1ccccc1-n1nccn1. The number of halogens is 1. The van der Waals surface area contributed by atoms with Gasteiger partial charge >= 0.3 is 0 Å². The molecule has 3 heterocycles. The van der Waals surface area contributed by atoms with Gasteiger partial charge in [0.2, 0.25) is 0 Å². The van der Waals surface area contributed by atoms with Crippen molar-refractivity contribution in [1.29, 1.82) is 0 Å². The van der Waals surface area contributed by atoms with E-state index in [4.69, 9.17) is 16.3 Å². The summed E-state index contributed by atoms with van der Waals surface area (Å²) in [6.45, 7) is 2.56. The third-order valence-corrected chi connectivity index (χ3v) is 6.17. The molecule has 4 aromatic rings. The van der Waals surface area contributed by atoms with Crippen LogP contribution in [0.15, 0.2) is 67.1 Å². The van der Waals surface area contributed by atoms with Crippen LogP contribution in [0.25, 0.3) is 16.5 Å². The Morgan fingerprint density at radius 3 is 2.56 bits per heavy atom. The minimum Gasteiger partial charge on any atom is -0.486 e. The Morgan fingerprint density at radius 1 is 1.03 bits per heavy atom. The van der Waals surface area contributed by atoms with Crippen molar-refractivity contribution in [3.63, 3.8) is 0 Å². The Kier molecular flexibility index (Phi) is 5.49. The van der Waals surface area contributed by atoms with E-state index >= 15 is 0 Å². The molecule has 1 aliphatic rings. The van der Waals surface area contributed by atoms with E-state index in [0.29, 0.717) is 28.7 Å². The summed E-state index contributed by atoms with van der Waals surface area (Å²) in [6, 6.07) is 15.3. The molecule has 7 nitrogen and oxygen atoms in total. The van der Waals surface area contributed by atoms with E-state index in [0.717, 1.165) is 23.6 Å². The van der Waals surface area contributed by atoms with Crippen LogP contribution in [0.4, 0.5) is 0 Å². The van der Waals surface area contributed by atoms with E-state index in [-0.39, 0.29) is 18.1 Å². The number of likely N-dealkylation sites (tertiary alicyclic amines) is 1. The number of hydrogen-bond donors (Lipinski definition) is 0. The second kappa shape index (κ2) is 8.59. The van der Waals surface area contributed by atoms with Gasteiger partial charge in [0.05, 0.1) is 36.4 Å². The van der Waals surface area contributed by atoms with Crippen LogP contribution in [-0.2, 0) is 0 Å². The van der Waals surface area contributed by atoms with E-state index in [1.165, 1.54) is 4.80 Å². The van der Waals surface area contributed by atoms with Gasteiger partial charge in [0.25, 0.3) is 5.91 Å². The van der Waals surface area contributed by atoms with Gasteiger partial charge in [-0.25, -0.2) is 4.98 Å². The number of carbonyl (C=O) groups excluding carboxylic acids is 1. The Hall–Kier alpha value is -3.45. The van der Waals surface area contributed by atoms with Gasteiger partial charge in [0.15, 0.2) is 0 Å². The second-order valence-corrected chi connectivity index (χ2v) is 8.28. The lowest BCUT2D eigenvalue weighted by molar-refractivity contribution is 0.0387. The monoisotopic (exact) mass is 447 g/mol. The number of amides is 1. The number of fused-ring (bicyclic) bond motifs is 1. The number of nitrogens with zero attached hydrogens (tertiary/aromatic N) is 5. The summed E-state index contributed by atoms with van der Waals surface area (Å²) in [4.78, 5) is 21.2. The van der Waals surface area contributed by atoms with Crippen molar-refractivity contribution in [2.24, 2.45) is 0 Å². The van der Waals surface area contributed by atoms with Gasteiger partial charge < -0.3 is 9.64 Å². The van der Waals surface area contributed by atoms with Crippen molar-refractivity contribution in [1.82, 2.24) is 24.9 Å². The van der Waals surface area contributed by atoms with Crippen molar-refractivity contribution in [2.75, 3.05) is 6.54 Å². The maximum absolute atomic E-state index is 13.6. The normalized spacial score (nSPS) is 18.6. The van der Waals surface area contributed by atoms with Gasteiger partial charge in [-0.3, -0.25) is 4.79 Å². The molecule has 0 saturated carbocycles. The maximum Gasteiger partial charge on any atom is 0.256 e. The number of hydrogen-bond acceptors (Lipinski definition) is 5. The van der Waals surface area contributed by atoms with Crippen LogP contribution in [-0.4, -0.2) is 49.5 Å². The summed E-state index contributed by atoms with van der Waals surface area (Å²) in [7, 11) is 0. The lowest BCUT2D eigenvalue weighted by Crippen LogP contribution is -2.49. The van der Waals surface area contributed by atoms with Crippen LogP contribution < -0.4 is 4.74 Å². The van der Waals surface area contributed by atoms with Crippen LogP contribution in [0.5, 0.6) is 5.75 Å². The Morgan fingerprint density at radius 2 is 1.75 bits per heavy atom. The fourth-order valence-corrected chi connectivity index (χ4v) is 4.40. The summed E-state index contributed by atoms with van der Waals surface area (Å²) in [6.07, 6.45) is 6.41. The minimum absolute atomic E-state index is 0.0576. The zero-order valence-electron chi connectivity index (χ0n) is 17.6. The van der Waals surface area contributed by atoms with Gasteiger partial charge in [-0.15, -0.1) is 0 Å². The number of ether oxygens (including phenoxy) is 1. The van der Waals surface area contributed by atoms with Gasteiger partial charge in [-0.2, -0.15) is 15.0 Å². The van der Waals surface area contributed by atoms with Crippen molar-refractivity contribution >= 4 is 28.3 Å². The van der Waals surface area contributed by atoms with E-state index in [1.54, 1.807) is 18.6 Å². The summed E-state index contributed by atoms with van der Waals surface area (Å²) in [5, 5.41) is 10.6. The van der Waals surface area contributed by atoms with E-state index < -0.39 is 0 Å². The summed E-state index contributed by atoms with van der Waals surface area (Å²) in [5.74, 6) is 0.621. The van der Waals surface area contributed by atoms with E-state index in [9.17, 15) is 4.79 Å². The average molecular weight is 448 g/mol. The number of benzene rings is 2. The number of pyridine rings is 1. The third-order valence-electron chi connectivity index (χ3n) is 5.87. The Balaban J connectivity index is 1.41. The van der Waals surface area contributed by atoms with Crippen LogP contribution in [0.1, 0.15) is 30.1 Å². The maximum atomic E-state index is 13.6. The van der Waals surface area contributed by atoms with E-state index in [1.807, 2.05) is 53.4 Å². The van der Waals surface area contributed by atoms with Crippen molar-refractivity contribution < 1.29 is 9.53 Å². The highest BCUT2D eigenvalue weighted by Crippen LogP contribution is 2.32. The molecule has 8 heteroatoms. The van der Waals surface area contributed by atoms with Gasteiger partial charge in [0, 0.05) is 16.8 Å². The predicted octanol–water partition coefficient (Wildman–Crippen LogP) is 4.54. The lowest BCUT2D eigenvalue weighted by atomic mass is 9.99. The quantitative estimate of drug-likeness (QED) is 0.429. The topological polar surface area (TPSA) is 73.1 Å². The number of aromatic nitrogens is 4. The molecule has 0 N–H and O–H groups in total. The first kappa shape index (κ1) is 20.5. The molecule has 1 aliphatic heterocycles. The zero-order chi connectivity index (χ0) is 22.1. The number of carbonyl (C=O) groups is 1. The van der Waals surface area contributed by atoms with Gasteiger partial charge in [0.1, 0.15) is 17.0 Å². The van der Waals surface area contributed by atoms with Crippen LogP contribution in [0, 0.1) is 0 Å². The van der Waals surface area contributed by atoms with Gasteiger partial charge in [-0.1, -0.05) is 48.0 Å². The summed E-state index contributed by atoms with van der Waals surface area (Å²) in [5.41, 5.74) is 1.22. The first-order valence-corrected chi connectivity index (χ1v) is 11.0. The molecule has 0 spiro atoms.